The van der Waals surface area contributed by atoms with Crippen LogP contribution in [0.25, 0.3) is 0 Å². The van der Waals surface area contributed by atoms with Gasteiger partial charge in [0.1, 0.15) is 0 Å². The second-order valence-corrected chi connectivity index (χ2v) is 10.8. The average molecular weight is 535 g/mol. The van der Waals surface area contributed by atoms with Crippen LogP contribution < -0.4 is 16.4 Å². The van der Waals surface area contributed by atoms with E-state index < -0.39 is 23.7 Å². The second-order valence-electron chi connectivity index (χ2n) is 10.5. The quantitative estimate of drug-likeness (QED) is 0.266. The number of anilines is 1. The number of nitrogens with two attached hydrogens (primary N) is 1. The number of hydrogen-bond acceptors (Lipinski definition) is 8. The van der Waals surface area contributed by atoms with E-state index in [2.05, 4.69) is 43.5 Å². The maximum Gasteiger partial charge on any atom is 0.224 e. The fraction of sp³-hybridized carbons (Fsp3) is 0.640. The van der Waals surface area contributed by atoms with E-state index in [4.69, 9.17) is 22.7 Å². The molecule has 1 aliphatic heterocycles. The van der Waals surface area contributed by atoms with E-state index in [1.807, 2.05) is 0 Å². The van der Waals surface area contributed by atoms with Crippen LogP contribution in [0.4, 0.5) is 10.2 Å². The van der Waals surface area contributed by atoms with Crippen molar-refractivity contribution in [3.8, 4) is 0 Å². The minimum absolute atomic E-state index is 0.00188. The van der Waals surface area contributed by atoms with Crippen molar-refractivity contribution in [1.82, 2.24) is 25.1 Å². The van der Waals surface area contributed by atoms with Crippen molar-refractivity contribution >= 4 is 34.9 Å². The van der Waals surface area contributed by atoms with Gasteiger partial charge in [-0.1, -0.05) is 6.08 Å². The third kappa shape index (κ3) is 6.56. The van der Waals surface area contributed by atoms with E-state index in [1.165, 1.54) is 0 Å². The highest BCUT2D eigenvalue weighted by Gasteiger charge is 2.55. The maximum atomic E-state index is 14.3. The molecule has 3 aliphatic rings. The summed E-state index contributed by atoms with van der Waals surface area (Å²) >= 11 is 5.84. The van der Waals surface area contributed by atoms with Gasteiger partial charge in [-0.15, -0.1) is 0 Å². The molecule has 202 valence electrons. The highest BCUT2D eigenvalue weighted by atomic mass is 35.5. The van der Waals surface area contributed by atoms with Crippen molar-refractivity contribution in [3.05, 3.63) is 29.1 Å². The van der Waals surface area contributed by atoms with Crippen LogP contribution in [0.1, 0.15) is 39.0 Å². The molecule has 0 radical (unpaired) electrons. The SMILES string of the molecule is CC(=N)C/C=C(\CCC(=O)NC1CC2CC1C(Nc1nc(Cl)ncc1F)C2C(N)=O)N1CCN(C)CC1. The fourth-order valence-corrected chi connectivity index (χ4v) is 6.15. The van der Waals surface area contributed by atoms with Gasteiger partial charge in [0.2, 0.25) is 17.1 Å². The molecule has 0 spiro atoms. The number of nitrogens with one attached hydrogen (secondary N) is 3. The topological polar surface area (TPSA) is 140 Å². The molecule has 2 amide bonds. The van der Waals surface area contributed by atoms with Gasteiger partial charge in [-0.25, -0.2) is 9.37 Å². The minimum Gasteiger partial charge on any atom is -0.372 e. The summed E-state index contributed by atoms with van der Waals surface area (Å²) in [5.74, 6) is -1.82. The number of aromatic nitrogens is 2. The van der Waals surface area contributed by atoms with Gasteiger partial charge in [0.25, 0.3) is 0 Å². The molecule has 1 aromatic rings. The number of primary amides is 1. The molecule has 5 N–H and O–H groups in total. The van der Waals surface area contributed by atoms with E-state index in [0.717, 1.165) is 38.1 Å². The lowest BCUT2D eigenvalue weighted by molar-refractivity contribution is -0.124. The summed E-state index contributed by atoms with van der Waals surface area (Å²) in [5.41, 5.74) is 7.39. The Morgan fingerprint density at radius 3 is 2.68 bits per heavy atom. The van der Waals surface area contributed by atoms with Gasteiger partial charge in [0, 0.05) is 68.4 Å². The van der Waals surface area contributed by atoms with E-state index >= 15 is 0 Å². The number of carbonyl (C=O) groups is 2. The van der Waals surface area contributed by atoms with E-state index in [1.54, 1.807) is 6.92 Å². The summed E-state index contributed by atoms with van der Waals surface area (Å²) in [4.78, 5) is 37.4. The summed E-state index contributed by atoms with van der Waals surface area (Å²) in [5, 5.41) is 13.9. The van der Waals surface area contributed by atoms with Crippen molar-refractivity contribution in [1.29, 1.82) is 5.41 Å². The predicted molar refractivity (Wildman–Crippen MR) is 140 cm³/mol. The van der Waals surface area contributed by atoms with Crippen LogP contribution in [0.2, 0.25) is 5.28 Å². The first-order chi connectivity index (χ1) is 17.6. The molecule has 2 heterocycles. The van der Waals surface area contributed by atoms with Gasteiger partial charge >= 0.3 is 0 Å². The Morgan fingerprint density at radius 1 is 1.27 bits per heavy atom. The lowest BCUT2D eigenvalue weighted by Gasteiger charge is -2.36. The Bertz CT molecular complexity index is 1060. The molecule has 37 heavy (non-hydrogen) atoms. The molecule has 5 atom stereocenters. The third-order valence-corrected chi connectivity index (χ3v) is 8.04. The van der Waals surface area contributed by atoms with Crippen molar-refractivity contribution in [3.63, 3.8) is 0 Å². The summed E-state index contributed by atoms with van der Waals surface area (Å²) in [6.45, 7) is 5.51. The van der Waals surface area contributed by atoms with Crippen LogP contribution in [-0.2, 0) is 9.59 Å². The van der Waals surface area contributed by atoms with Gasteiger partial charge < -0.3 is 31.6 Å². The van der Waals surface area contributed by atoms with Gasteiger partial charge in [-0.05, 0) is 50.8 Å². The number of allylic oxidation sites excluding steroid dienone is 2. The fourth-order valence-electron chi connectivity index (χ4n) is 6.01. The Hall–Kier alpha value is -2.79. The Balaban J connectivity index is 1.39. The number of nitrogens with zero attached hydrogens (tertiary/aromatic N) is 4. The molecule has 10 nitrogen and oxygen atoms in total. The average Bonchev–Trinajstić information content (AvgIpc) is 3.40. The van der Waals surface area contributed by atoms with Crippen LogP contribution in [0.5, 0.6) is 0 Å². The lowest BCUT2D eigenvalue weighted by Crippen LogP contribution is -2.51. The standard InChI is InChI=1S/C25H36ClFN8O2/c1-14(28)3-4-16(35-9-7-34(2)8-10-35)5-6-20(36)31-19-12-15-11-17(19)22(21(15)23(29)37)32-24-18(27)13-30-25(26)33-24/h4,13,15,17,19,21-22,28H,3,5-12H2,1-2H3,(H2,29,37)(H,31,36)(H,30,32,33)/b16-4+,28-14?. The van der Waals surface area contributed by atoms with Gasteiger partial charge in [-0.3, -0.25) is 9.59 Å². The zero-order valence-electron chi connectivity index (χ0n) is 21.3. The summed E-state index contributed by atoms with van der Waals surface area (Å²) in [6, 6.07) is -0.607. The van der Waals surface area contributed by atoms with Crippen LogP contribution in [0.15, 0.2) is 18.0 Å². The van der Waals surface area contributed by atoms with Gasteiger partial charge in [0.05, 0.1) is 12.1 Å². The highest BCUT2D eigenvalue weighted by molar-refractivity contribution is 6.28. The summed E-state index contributed by atoms with van der Waals surface area (Å²) in [7, 11) is 2.10. The molecule has 2 aliphatic carbocycles. The number of fused-ring (bicyclic) bond motifs is 2. The molecule has 4 rings (SSSR count). The number of hydrogen-bond donors (Lipinski definition) is 4. The molecule has 12 heteroatoms. The molecule has 1 saturated heterocycles. The minimum atomic E-state index is -0.667. The number of piperazine rings is 1. The molecular weight excluding hydrogens is 499 g/mol. The van der Waals surface area contributed by atoms with Crippen LogP contribution in [0.3, 0.4) is 0 Å². The van der Waals surface area contributed by atoms with Crippen molar-refractivity contribution in [2.45, 2.75) is 51.1 Å². The van der Waals surface area contributed by atoms with Crippen LogP contribution in [0, 0.1) is 29.0 Å². The van der Waals surface area contributed by atoms with Crippen LogP contribution >= 0.6 is 11.6 Å². The lowest BCUT2D eigenvalue weighted by atomic mass is 9.81. The first-order valence-corrected chi connectivity index (χ1v) is 13.2. The molecule has 2 saturated carbocycles. The number of likely N-dealkylation sites (N-methyl/N-ethyl adjacent to an activating group) is 1. The maximum absolute atomic E-state index is 14.3. The number of rotatable bonds is 10. The Kier molecular flexibility index (Phi) is 8.63. The normalized spacial score (nSPS) is 27.8. The second kappa shape index (κ2) is 11.7. The molecule has 3 fully saturated rings. The van der Waals surface area contributed by atoms with Crippen molar-refractivity contribution < 1.29 is 14.0 Å². The molecule has 5 unspecified atom stereocenters. The largest absolute Gasteiger partial charge is 0.372 e. The van der Waals surface area contributed by atoms with Crippen molar-refractivity contribution in [2.24, 2.45) is 23.5 Å². The highest BCUT2D eigenvalue weighted by Crippen LogP contribution is 2.49. The Labute approximate surface area is 221 Å². The van der Waals surface area contributed by atoms with Crippen molar-refractivity contribution in [2.75, 3.05) is 38.5 Å². The first kappa shape index (κ1) is 27.3. The zero-order chi connectivity index (χ0) is 26.7. The summed E-state index contributed by atoms with van der Waals surface area (Å²) < 4.78 is 14.3. The number of halogens is 2. The van der Waals surface area contributed by atoms with Crippen LogP contribution in [-0.4, -0.2) is 82.6 Å². The van der Waals surface area contributed by atoms with E-state index in [9.17, 15) is 14.0 Å². The molecular formula is C25H36ClFN8O2. The summed E-state index contributed by atoms with van der Waals surface area (Å²) in [6.07, 6.45) is 5.91. The Morgan fingerprint density at radius 2 is 2.00 bits per heavy atom. The van der Waals surface area contributed by atoms with Gasteiger partial charge in [0.15, 0.2) is 11.6 Å². The number of amides is 2. The molecule has 1 aromatic heterocycles. The monoisotopic (exact) mass is 534 g/mol. The molecule has 2 bridgehead atoms. The zero-order valence-corrected chi connectivity index (χ0v) is 22.1. The first-order valence-electron chi connectivity index (χ1n) is 12.8. The number of carbonyl (C=O) groups excluding carboxylic acids is 2. The smallest absolute Gasteiger partial charge is 0.224 e. The predicted octanol–water partition coefficient (Wildman–Crippen LogP) is 2.02. The van der Waals surface area contributed by atoms with E-state index in [0.29, 0.717) is 37.8 Å². The molecule has 0 aromatic carbocycles. The van der Waals surface area contributed by atoms with Gasteiger partial charge in [-0.2, -0.15) is 4.98 Å². The third-order valence-electron chi connectivity index (χ3n) is 7.86. The van der Waals surface area contributed by atoms with E-state index in [-0.39, 0.29) is 34.9 Å².